The Hall–Kier alpha value is -3.54. The van der Waals surface area contributed by atoms with Crippen LogP contribution in [0, 0.1) is 5.92 Å². The molecule has 0 saturated heterocycles. The molecular formula is C28H34N2O4. The molecule has 1 saturated carbocycles. The second-order valence-corrected chi connectivity index (χ2v) is 8.79. The lowest BCUT2D eigenvalue weighted by Crippen LogP contribution is -2.24. The Kier molecular flexibility index (Phi) is 9.32. The van der Waals surface area contributed by atoms with E-state index < -0.39 is 5.97 Å². The highest BCUT2D eigenvalue weighted by Crippen LogP contribution is 2.30. The first kappa shape index (κ1) is 25.1. The van der Waals surface area contributed by atoms with E-state index in [9.17, 15) is 9.59 Å². The van der Waals surface area contributed by atoms with E-state index >= 15 is 0 Å². The lowest BCUT2D eigenvalue weighted by molar-refractivity contribution is -0.138. The third-order valence-corrected chi connectivity index (χ3v) is 6.19. The quantitative estimate of drug-likeness (QED) is 0.155. The monoisotopic (exact) mass is 462 g/mol. The van der Waals surface area contributed by atoms with E-state index in [1.54, 1.807) is 48.5 Å². The molecule has 1 aliphatic rings. The number of rotatable bonds is 10. The molecule has 0 bridgehead atoms. The number of nitrogens with two attached hydrogens (primary N) is 2. The Bertz CT molecular complexity index is 1010. The van der Waals surface area contributed by atoms with E-state index in [-0.39, 0.29) is 18.7 Å². The predicted octanol–water partition coefficient (Wildman–Crippen LogP) is 5.68. The van der Waals surface area contributed by atoms with E-state index in [1.165, 1.54) is 18.9 Å². The summed E-state index contributed by atoms with van der Waals surface area (Å²) in [7, 11) is 0. The molecule has 34 heavy (non-hydrogen) atoms. The van der Waals surface area contributed by atoms with Crippen molar-refractivity contribution in [1.29, 1.82) is 0 Å². The van der Waals surface area contributed by atoms with Gasteiger partial charge in [0, 0.05) is 23.0 Å². The van der Waals surface area contributed by atoms with Gasteiger partial charge in [-0.15, -0.1) is 6.58 Å². The van der Waals surface area contributed by atoms with Crippen LogP contribution in [-0.2, 0) is 20.9 Å². The number of hydrogen-bond acceptors (Lipinski definition) is 6. The van der Waals surface area contributed by atoms with Gasteiger partial charge in [0.15, 0.2) is 0 Å². The molecule has 6 heteroatoms. The fraction of sp³-hybridized carbons (Fsp3) is 0.357. The van der Waals surface area contributed by atoms with E-state index in [1.807, 2.05) is 6.08 Å². The van der Waals surface area contributed by atoms with Crippen LogP contribution in [0.2, 0.25) is 0 Å². The summed E-state index contributed by atoms with van der Waals surface area (Å²) >= 11 is 0. The third kappa shape index (κ3) is 7.80. The van der Waals surface area contributed by atoms with Crippen LogP contribution in [0.1, 0.15) is 66.4 Å². The summed E-state index contributed by atoms with van der Waals surface area (Å²) in [4.78, 5) is 24.5. The number of carbonyl (C=O) groups excluding carboxylic acids is 2. The summed E-state index contributed by atoms with van der Waals surface area (Å²) in [5.41, 5.74) is 14.6. The molecule has 1 fully saturated rings. The fourth-order valence-corrected chi connectivity index (χ4v) is 4.15. The molecule has 4 N–H and O–H groups in total. The van der Waals surface area contributed by atoms with Gasteiger partial charge in [0.2, 0.25) is 0 Å². The van der Waals surface area contributed by atoms with Gasteiger partial charge in [-0.2, -0.15) is 0 Å². The fourth-order valence-electron chi connectivity index (χ4n) is 4.15. The molecule has 0 unspecified atom stereocenters. The number of nitrogen functional groups attached to an aromatic ring is 2. The Labute approximate surface area is 201 Å². The Morgan fingerprint density at radius 1 is 1.03 bits per heavy atom. The van der Waals surface area contributed by atoms with Gasteiger partial charge in [-0.05, 0) is 80.3 Å². The zero-order chi connectivity index (χ0) is 24.3. The van der Waals surface area contributed by atoms with Crippen LogP contribution in [0.3, 0.4) is 0 Å². The number of hydrogen-bond donors (Lipinski definition) is 2. The predicted molar refractivity (Wildman–Crippen MR) is 136 cm³/mol. The van der Waals surface area contributed by atoms with Crippen molar-refractivity contribution < 1.29 is 19.1 Å². The number of anilines is 2. The number of esters is 2. The Balaban J connectivity index is 1.42. The molecule has 3 rings (SSSR count). The second kappa shape index (κ2) is 12.6. The average Bonchev–Trinajstić information content (AvgIpc) is 2.84. The molecule has 1 aliphatic carbocycles. The molecule has 0 amide bonds. The summed E-state index contributed by atoms with van der Waals surface area (Å²) < 4.78 is 10.9. The molecule has 0 heterocycles. The third-order valence-electron chi connectivity index (χ3n) is 6.19. The first-order valence-corrected chi connectivity index (χ1v) is 11.8. The first-order chi connectivity index (χ1) is 16.4. The van der Waals surface area contributed by atoms with Crippen LogP contribution in [0.4, 0.5) is 11.4 Å². The van der Waals surface area contributed by atoms with Gasteiger partial charge >= 0.3 is 11.9 Å². The van der Waals surface area contributed by atoms with Crippen molar-refractivity contribution in [2.24, 2.45) is 5.92 Å². The van der Waals surface area contributed by atoms with Gasteiger partial charge in [-0.25, -0.2) is 9.59 Å². The van der Waals surface area contributed by atoms with Crippen molar-refractivity contribution in [2.75, 3.05) is 11.5 Å². The van der Waals surface area contributed by atoms with Crippen LogP contribution in [0.15, 0.2) is 61.2 Å². The number of ether oxygens (including phenoxy) is 2. The maximum Gasteiger partial charge on any atom is 0.338 e. The van der Waals surface area contributed by atoms with Crippen molar-refractivity contribution in [3.8, 4) is 0 Å². The van der Waals surface area contributed by atoms with Gasteiger partial charge in [0.1, 0.15) is 12.7 Å². The summed E-state index contributed by atoms with van der Waals surface area (Å²) in [6.07, 6.45) is 12.5. The molecule has 0 aliphatic heterocycles. The summed E-state index contributed by atoms with van der Waals surface area (Å²) in [5.74, 6) is -0.0533. The topological polar surface area (TPSA) is 105 Å². The molecule has 2 aromatic rings. The molecule has 0 aromatic heterocycles. The van der Waals surface area contributed by atoms with Crippen LogP contribution >= 0.6 is 0 Å². The maximum atomic E-state index is 12.5. The van der Waals surface area contributed by atoms with E-state index in [0.717, 1.165) is 43.6 Å². The van der Waals surface area contributed by atoms with Gasteiger partial charge < -0.3 is 20.9 Å². The van der Waals surface area contributed by atoms with Crippen molar-refractivity contribution in [2.45, 2.75) is 57.7 Å². The molecular weight excluding hydrogens is 428 g/mol. The van der Waals surface area contributed by atoms with Crippen molar-refractivity contribution in [3.05, 3.63) is 77.9 Å². The van der Waals surface area contributed by atoms with E-state index in [2.05, 4.69) is 6.58 Å². The molecule has 6 nitrogen and oxygen atoms in total. The Morgan fingerprint density at radius 3 is 2.44 bits per heavy atom. The molecule has 0 radical (unpaired) electrons. The standard InChI is InChI=1S/C28H34N2O4/c1-2-3-4-5-20-8-15-25(16-9-20)34-28(32)22-11-6-21(7-12-22)10-17-27(31)33-19-23-13-14-24(29)18-26(23)30/h2,6-7,10-14,17-18,20,25H,1,3-5,8-9,15-16,19,29-30H2/b17-10+. The minimum absolute atomic E-state index is 0.00686. The van der Waals surface area contributed by atoms with Crippen LogP contribution in [-0.4, -0.2) is 18.0 Å². The molecule has 0 atom stereocenters. The molecule has 2 aromatic carbocycles. The maximum absolute atomic E-state index is 12.5. The number of carbonyl (C=O) groups is 2. The lowest BCUT2D eigenvalue weighted by atomic mass is 9.84. The van der Waals surface area contributed by atoms with Gasteiger partial charge in [-0.1, -0.05) is 30.7 Å². The van der Waals surface area contributed by atoms with Crippen molar-refractivity contribution >= 4 is 29.4 Å². The normalized spacial score (nSPS) is 17.9. The highest BCUT2D eigenvalue weighted by molar-refractivity contribution is 5.90. The van der Waals surface area contributed by atoms with Gasteiger partial charge in [0.05, 0.1) is 5.56 Å². The molecule has 180 valence electrons. The van der Waals surface area contributed by atoms with Crippen LogP contribution in [0.25, 0.3) is 6.08 Å². The zero-order valence-corrected chi connectivity index (χ0v) is 19.6. The van der Waals surface area contributed by atoms with Gasteiger partial charge in [-0.3, -0.25) is 0 Å². The Morgan fingerprint density at radius 2 is 1.76 bits per heavy atom. The van der Waals surface area contributed by atoms with E-state index in [0.29, 0.717) is 22.5 Å². The minimum Gasteiger partial charge on any atom is -0.459 e. The highest BCUT2D eigenvalue weighted by atomic mass is 16.5. The largest absolute Gasteiger partial charge is 0.459 e. The number of benzene rings is 2. The molecule has 0 spiro atoms. The van der Waals surface area contributed by atoms with E-state index in [4.69, 9.17) is 20.9 Å². The van der Waals surface area contributed by atoms with Crippen LogP contribution in [0.5, 0.6) is 0 Å². The number of allylic oxidation sites excluding steroid dienone is 1. The summed E-state index contributed by atoms with van der Waals surface area (Å²) in [5, 5.41) is 0. The lowest BCUT2D eigenvalue weighted by Gasteiger charge is -2.28. The summed E-state index contributed by atoms with van der Waals surface area (Å²) in [6, 6.07) is 12.0. The smallest absolute Gasteiger partial charge is 0.338 e. The summed E-state index contributed by atoms with van der Waals surface area (Å²) in [6.45, 7) is 3.84. The van der Waals surface area contributed by atoms with Gasteiger partial charge in [0.25, 0.3) is 0 Å². The number of unbranched alkanes of at least 4 members (excludes halogenated alkanes) is 1. The zero-order valence-electron chi connectivity index (χ0n) is 19.6. The average molecular weight is 463 g/mol. The second-order valence-electron chi connectivity index (χ2n) is 8.79. The van der Waals surface area contributed by atoms with Crippen molar-refractivity contribution in [3.63, 3.8) is 0 Å². The van der Waals surface area contributed by atoms with Crippen LogP contribution < -0.4 is 11.5 Å². The highest BCUT2D eigenvalue weighted by Gasteiger charge is 2.24. The first-order valence-electron chi connectivity index (χ1n) is 11.8. The minimum atomic E-state index is -0.486. The SMILES string of the molecule is C=CCCCC1CCC(OC(=O)c2ccc(/C=C/C(=O)OCc3ccc(N)cc3N)cc2)CC1. The van der Waals surface area contributed by atoms with Crippen molar-refractivity contribution in [1.82, 2.24) is 0 Å².